The second-order valence-corrected chi connectivity index (χ2v) is 16.6. The minimum absolute atomic E-state index is 0.00881. The minimum atomic E-state index is -0.833. The highest BCUT2D eigenvalue weighted by molar-refractivity contribution is 14.1. The Kier molecular flexibility index (Phi) is 11.5. The van der Waals surface area contributed by atoms with Crippen molar-refractivity contribution >= 4 is 89.0 Å². The fourth-order valence-corrected chi connectivity index (χ4v) is 10.3. The molecule has 2 unspecified atom stereocenters. The van der Waals surface area contributed by atoms with Gasteiger partial charge < -0.3 is 20.0 Å². The van der Waals surface area contributed by atoms with Crippen LogP contribution in [0.4, 0.5) is 11.4 Å². The van der Waals surface area contributed by atoms with E-state index in [0.717, 1.165) is 46.2 Å². The van der Waals surface area contributed by atoms with Crippen molar-refractivity contribution in [2.45, 2.75) is 58.3 Å². The molecule has 0 saturated heterocycles. The van der Waals surface area contributed by atoms with E-state index in [2.05, 4.69) is 176 Å². The topological polar surface area (TPSA) is 81.1 Å². The summed E-state index contributed by atoms with van der Waals surface area (Å²) in [4.78, 5) is 27.9. The Balaban J connectivity index is 1.28. The summed E-state index contributed by atoms with van der Waals surface area (Å²) in [5.74, 6) is -0.298. The molecule has 1 heterocycles. The number of benzene rings is 6. The lowest BCUT2D eigenvalue weighted by Gasteiger charge is -2.37. The van der Waals surface area contributed by atoms with Crippen molar-refractivity contribution in [3.8, 4) is 0 Å². The smallest absolute Gasteiger partial charge is 0.305 e. The molecule has 0 radical (unpaired) electrons. The molecule has 0 fully saturated rings. The SMILES string of the molecule is CCC(CCC(=O)O)CC(/C=C/C=C/C=C1/N(C)c2c(c3ccccc3c3ccccc23)N1CCC(=O)O)C(C)(C)c1c(I)c2ccccc2c2ccccc12. The lowest BCUT2D eigenvalue weighted by molar-refractivity contribution is -0.138. The van der Waals surface area contributed by atoms with Crippen molar-refractivity contribution in [2.24, 2.45) is 11.8 Å². The summed E-state index contributed by atoms with van der Waals surface area (Å²) in [6, 6.07) is 34.2. The highest BCUT2D eigenvalue weighted by Crippen LogP contribution is 2.51. The maximum atomic E-state index is 11.9. The zero-order chi connectivity index (χ0) is 39.6. The number of anilines is 2. The van der Waals surface area contributed by atoms with Gasteiger partial charge in [0.1, 0.15) is 5.82 Å². The number of allylic oxidation sites excluding steroid dienone is 5. The average Bonchev–Trinajstić information content (AvgIpc) is 3.48. The van der Waals surface area contributed by atoms with Crippen LogP contribution in [0.3, 0.4) is 0 Å². The van der Waals surface area contributed by atoms with Crippen LogP contribution in [0.2, 0.25) is 0 Å². The van der Waals surface area contributed by atoms with Gasteiger partial charge in [-0.05, 0) is 96.6 Å². The molecular formula is C49H49IN2O4. The van der Waals surface area contributed by atoms with E-state index in [-0.39, 0.29) is 30.1 Å². The van der Waals surface area contributed by atoms with Gasteiger partial charge in [0.25, 0.3) is 0 Å². The Morgan fingerprint density at radius 2 is 1.20 bits per heavy atom. The van der Waals surface area contributed by atoms with E-state index in [1.54, 1.807) is 0 Å². The molecule has 2 atom stereocenters. The summed E-state index contributed by atoms with van der Waals surface area (Å²) in [5, 5.41) is 28.9. The molecule has 0 bridgehead atoms. The molecule has 0 saturated carbocycles. The van der Waals surface area contributed by atoms with Gasteiger partial charge in [-0.25, -0.2) is 0 Å². The van der Waals surface area contributed by atoms with Gasteiger partial charge in [0.05, 0.1) is 17.8 Å². The van der Waals surface area contributed by atoms with E-state index >= 15 is 0 Å². The van der Waals surface area contributed by atoms with Gasteiger partial charge in [-0.15, -0.1) is 0 Å². The van der Waals surface area contributed by atoms with Crippen molar-refractivity contribution in [3.05, 3.63) is 142 Å². The minimum Gasteiger partial charge on any atom is -0.481 e. The van der Waals surface area contributed by atoms with E-state index in [9.17, 15) is 19.8 Å². The second kappa shape index (κ2) is 16.5. The summed E-state index contributed by atoms with van der Waals surface area (Å²) >= 11 is 2.54. The van der Waals surface area contributed by atoms with Crippen molar-refractivity contribution in [1.29, 1.82) is 0 Å². The third-order valence-corrected chi connectivity index (χ3v) is 13.0. The van der Waals surface area contributed by atoms with Crippen molar-refractivity contribution in [1.82, 2.24) is 0 Å². The molecule has 6 aromatic carbocycles. The first-order chi connectivity index (χ1) is 27.0. The number of hydrogen-bond donors (Lipinski definition) is 2. The number of halogens is 1. The number of fused-ring (bicyclic) bond motifs is 9. The van der Waals surface area contributed by atoms with Crippen LogP contribution in [0.25, 0.3) is 43.1 Å². The molecule has 6 aromatic rings. The fraction of sp³-hybridized carbons (Fsp3) is 0.265. The van der Waals surface area contributed by atoms with E-state index in [4.69, 9.17) is 0 Å². The lowest BCUT2D eigenvalue weighted by atomic mass is 9.67. The molecule has 7 heteroatoms. The van der Waals surface area contributed by atoms with E-state index in [1.165, 1.54) is 36.1 Å². The van der Waals surface area contributed by atoms with E-state index < -0.39 is 11.9 Å². The molecule has 0 aliphatic carbocycles. The quantitative estimate of drug-likeness (QED) is 0.0645. The molecule has 286 valence electrons. The standard InChI is InChI=1S/C49H49IN2O4/c1-5-32(27-28-43(53)54)31-33(49(2,3)45-38-22-13-9-18-34(38)35-19-10-14-23-39(35)46(45)50)17-7-6-8-26-42-51(4)47-40-24-15-11-20-36(40)37-21-12-16-25-41(37)48(47)52(42)30-29-44(55)56/h6-26,32-33H,5,27-31H2,1-4H3,(H,53,54)(H,55,56)/b8-6+,17-7+,42-26-. The molecular weight excluding hydrogens is 807 g/mol. The molecule has 1 aliphatic heterocycles. The van der Waals surface area contributed by atoms with Gasteiger partial charge in [-0.3, -0.25) is 9.59 Å². The molecule has 0 aromatic heterocycles. The number of rotatable bonds is 14. The Hall–Kier alpha value is -5.15. The maximum Gasteiger partial charge on any atom is 0.305 e. The van der Waals surface area contributed by atoms with E-state index in [1.807, 2.05) is 12.1 Å². The number of carboxylic acid groups (broad SMARTS) is 2. The van der Waals surface area contributed by atoms with Crippen molar-refractivity contribution in [3.63, 3.8) is 0 Å². The first-order valence-corrected chi connectivity index (χ1v) is 20.6. The Morgan fingerprint density at radius 1 is 0.696 bits per heavy atom. The van der Waals surface area contributed by atoms with E-state index in [0.29, 0.717) is 13.0 Å². The molecule has 0 amide bonds. The molecule has 7 rings (SSSR count). The van der Waals surface area contributed by atoms with Gasteiger partial charge in [0, 0.05) is 34.4 Å². The van der Waals surface area contributed by atoms with Crippen LogP contribution < -0.4 is 9.80 Å². The number of nitrogens with zero attached hydrogens (tertiary/aromatic N) is 2. The second-order valence-electron chi connectivity index (χ2n) is 15.5. The predicted molar refractivity (Wildman–Crippen MR) is 242 cm³/mol. The van der Waals surface area contributed by atoms with Crippen LogP contribution in [0.5, 0.6) is 0 Å². The molecule has 6 nitrogen and oxygen atoms in total. The maximum absolute atomic E-state index is 11.9. The normalized spacial score (nSPS) is 15.3. The lowest BCUT2D eigenvalue weighted by Crippen LogP contribution is -2.31. The average molecular weight is 857 g/mol. The summed E-state index contributed by atoms with van der Waals surface area (Å²) in [7, 11) is 2.06. The van der Waals surface area contributed by atoms with Crippen molar-refractivity contribution < 1.29 is 19.8 Å². The summed E-state index contributed by atoms with van der Waals surface area (Å²) in [6.45, 7) is 7.19. The Bertz CT molecular complexity index is 2550. The molecule has 1 aliphatic rings. The summed E-state index contributed by atoms with van der Waals surface area (Å²) in [5.41, 5.74) is 3.14. The first kappa shape index (κ1) is 39.1. The zero-order valence-corrected chi connectivity index (χ0v) is 34.7. The Labute approximate surface area is 342 Å². The van der Waals surface area contributed by atoms with Crippen LogP contribution in [0.1, 0.15) is 58.4 Å². The van der Waals surface area contributed by atoms with Gasteiger partial charge in [0.2, 0.25) is 0 Å². The third-order valence-electron chi connectivity index (χ3n) is 11.8. The fourth-order valence-electron chi connectivity index (χ4n) is 8.87. The van der Waals surface area contributed by atoms with Crippen LogP contribution in [0.15, 0.2) is 133 Å². The number of carbonyl (C=O) groups is 2. The molecule has 0 spiro atoms. The summed E-state index contributed by atoms with van der Waals surface area (Å²) in [6.07, 6.45) is 13.2. The van der Waals surface area contributed by atoms with Crippen LogP contribution in [-0.4, -0.2) is 35.7 Å². The number of aliphatic carboxylic acids is 2. The largest absolute Gasteiger partial charge is 0.481 e. The molecule has 2 N–H and O–H groups in total. The highest BCUT2D eigenvalue weighted by atomic mass is 127. The van der Waals surface area contributed by atoms with Crippen LogP contribution >= 0.6 is 22.6 Å². The first-order valence-electron chi connectivity index (χ1n) is 19.6. The number of hydrogen-bond acceptors (Lipinski definition) is 4. The third kappa shape index (κ3) is 7.41. The van der Waals surface area contributed by atoms with Crippen molar-refractivity contribution in [2.75, 3.05) is 23.4 Å². The monoisotopic (exact) mass is 856 g/mol. The summed E-state index contributed by atoms with van der Waals surface area (Å²) < 4.78 is 1.25. The van der Waals surface area contributed by atoms with Crippen LogP contribution in [-0.2, 0) is 15.0 Å². The van der Waals surface area contributed by atoms with Gasteiger partial charge in [-0.2, -0.15) is 0 Å². The predicted octanol–water partition coefficient (Wildman–Crippen LogP) is 12.5. The van der Waals surface area contributed by atoms with Gasteiger partial charge in [0.15, 0.2) is 0 Å². The van der Waals surface area contributed by atoms with Gasteiger partial charge >= 0.3 is 11.9 Å². The highest BCUT2D eigenvalue weighted by Gasteiger charge is 2.36. The zero-order valence-electron chi connectivity index (χ0n) is 32.5. The van der Waals surface area contributed by atoms with Gasteiger partial charge in [-0.1, -0.05) is 149 Å². The number of carboxylic acids is 2. The Morgan fingerprint density at radius 3 is 1.77 bits per heavy atom. The molecule has 56 heavy (non-hydrogen) atoms. The van der Waals surface area contributed by atoms with Crippen LogP contribution in [0, 0.1) is 15.4 Å².